The Labute approximate surface area is 213 Å². The lowest BCUT2D eigenvalue weighted by atomic mass is 10.0. The molecule has 3 atom stereocenters. The van der Waals surface area contributed by atoms with Gasteiger partial charge in [-0.2, -0.15) is 0 Å². The first kappa shape index (κ1) is 29.2. The number of aromatic nitrogens is 1. The summed E-state index contributed by atoms with van der Waals surface area (Å²) in [5.74, 6) is 0. The number of likely N-dealkylation sites (tertiary alicyclic amines) is 1. The third kappa shape index (κ3) is 10.7. The summed E-state index contributed by atoms with van der Waals surface area (Å²) in [5.41, 5.74) is 0.524. The lowest BCUT2D eigenvalue weighted by Gasteiger charge is -2.28. The molecule has 1 fully saturated rings. The Bertz CT molecular complexity index is 769. The van der Waals surface area contributed by atoms with Crippen LogP contribution in [-0.2, 0) is 27.3 Å². The van der Waals surface area contributed by atoms with E-state index in [1.807, 2.05) is 53.7 Å². The SMILES string of the molecule is CC(C)(C)OC(=O)N1CC[C@@H](OCCCC[C@H](CCc2cccnc2Cl)N[S+]([O-])C(C)(C)C)C1. The van der Waals surface area contributed by atoms with Gasteiger partial charge in [-0.25, -0.2) is 9.78 Å². The molecule has 0 radical (unpaired) electrons. The Morgan fingerprint density at radius 2 is 2.03 bits per heavy atom. The number of nitrogens with one attached hydrogen (secondary N) is 1. The van der Waals surface area contributed by atoms with Crippen molar-refractivity contribution >= 4 is 29.1 Å². The molecule has 0 aliphatic carbocycles. The molecule has 1 aliphatic heterocycles. The molecule has 2 heterocycles. The zero-order valence-corrected chi connectivity index (χ0v) is 23.1. The summed E-state index contributed by atoms with van der Waals surface area (Å²) < 4.78 is 27.1. The molecule has 1 N–H and O–H groups in total. The van der Waals surface area contributed by atoms with E-state index >= 15 is 0 Å². The Morgan fingerprint density at radius 3 is 2.68 bits per heavy atom. The van der Waals surface area contributed by atoms with Crippen LogP contribution >= 0.6 is 11.6 Å². The van der Waals surface area contributed by atoms with Crippen molar-refractivity contribution in [1.82, 2.24) is 14.6 Å². The first-order valence-corrected chi connectivity index (χ1v) is 13.7. The monoisotopic (exact) mass is 515 g/mol. The van der Waals surface area contributed by atoms with E-state index in [1.165, 1.54) is 0 Å². The van der Waals surface area contributed by atoms with Gasteiger partial charge in [0.2, 0.25) is 0 Å². The molecule has 0 saturated carbocycles. The first-order valence-electron chi connectivity index (χ1n) is 12.2. The highest BCUT2D eigenvalue weighted by molar-refractivity contribution is 7.90. The van der Waals surface area contributed by atoms with E-state index in [1.54, 1.807) is 11.1 Å². The standard InChI is InChI=1S/C25H42ClN3O4S/c1-24(2,3)33-23(30)29-16-14-21(18-29)32-17-8-7-11-20(28-34(31)25(4,5)6)13-12-19-10-9-15-27-22(19)26/h9-10,15,20-21,28H,7-8,11-14,16-18H2,1-6H3/t20-,21-,34?/m1/s1. The molecule has 34 heavy (non-hydrogen) atoms. The average molecular weight is 516 g/mol. The van der Waals surface area contributed by atoms with Crippen LogP contribution in [0.4, 0.5) is 4.79 Å². The summed E-state index contributed by atoms with van der Waals surface area (Å²) in [7, 11) is 0. The van der Waals surface area contributed by atoms with Crippen LogP contribution in [0.2, 0.25) is 5.15 Å². The van der Waals surface area contributed by atoms with Crippen LogP contribution in [0, 0.1) is 0 Å². The van der Waals surface area contributed by atoms with Crippen LogP contribution < -0.4 is 4.72 Å². The van der Waals surface area contributed by atoms with E-state index in [2.05, 4.69) is 9.71 Å². The smallest absolute Gasteiger partial charge is 0.410 e. The fourth-order valence-electron chi connectivity index (χ4n) is 3.63. The summed E-state index contributed by atoms with van der Waals surface area (Å²) in [4.78, 5) is 18.1. The molecule has 1 aliphatic rings. The molecular formula is C25H42ClN3O4S. The topological polar surface area (TPSA) is 86.8 Å². The number of nitrogens with zero attached hydrogens (tertiary/aromatic N) is 2. The normalized spacial score (nSPS) is 18.7. The van der Waals surface area contributed by atoms with Crippen molar-refractivity contribution in [3.05, 3.63) is 29.0 Å². The van der Waals surface area contributed by atoms with Gasteiger partial charge in [-0.15, -0.1) is 4.72 Å². The van der Waals surface area contributed by atoms with Crippen molar-refractivity contribution in [3.8, 4) is 0 Å². The van der Waals surface area contributed by atoms with Gasteiger partial charge in [0.05, 0.1) is 18.7 Å². The number of halogens is 1. The van der Waals surface area contributed by atoms with E-state index in [9.17, 15) is 9.35 Å². The molecule has 2 rings (SSSR count). The fraction of sp³-hybridized carbons (Fsp3) is 0.760. The number of hydrogen-bond acceptors (Lipinski definition) is 6. The lowest BCUT2D eigenvalue weighted by molar-refractivity contribution is 0.0206. The number of pyridine rings is 1. The third-order valence-corrected chi connectivity index (χ3v) is 7.53. The average Bonchev–Trinajstić information content (AvgIpc) is 3.19. The summed E-state index contributed by atoms with van der Waals surface area (Å²) in [6.45, 7) is 13.4. The maximum Gasteiger partial charge on any atom is 0.410 e. The molecule has 194 valence electrons. The second-order valence-electron chi connectivity index (χ2n) is 10.9. The number of carbonyl (C=O) groups is 1. The van der Waals surface area contributed by atoms with Crippen molar-refractivity contribution in [2.24, 2.45) is 0 Å². The van der Waals surface area contributed by atoms with Crippen molar-refractivity contribution in [2.45, 2.75) is 103 Å². The highest BCUT2D eigenvalue weighted by Crippen LogP contribution is 2.21. The van der Waals surface area contributed by atoms with Gasteiger partial charge in [0.1, 0.15) is 15.5 Å². The fourth-order valence-corrected chi connectivity index (χ4v) is 4.73. The van der Waals surface area contributed by atoms with Crippen LogP contribution in [0.5, 0.6) is 0 Å². The maximum absolute atomic E-state index is 12.7. The van der Waals surface area contributed by atoms with E-state index in [0.29, 0.717) is 24.8 Å². The molecule has 0 spiro atoms. The molecule has 0 aromatic carbocycles. The molecule has 1 saturated heterocycles. The van der Waals surface area contributed by atoms with E-state index < -0.39 is 17.0 Å². The van der Waals surface area contributed by atoms with Gasteiger partial charge in [-0.3, -0.25) is 0 Å². The highest BCUT2D eigenvalue weighted by atomic mass is 35.5. The summed E-state index contributed by atoms with van der Waals surface area (Å²) >= 11 is 5.08. The summed E-state index contributed by atoms with van der Waals surface area (Å²) in [6.07, 6.45) is 6.70. The van der Waals surface area contributed by atoms with Crippen molar-refractivity contribution in [1.29, 1.82) is 0 Å². The number of amides is 1. The minimum absolute atomic E-state index is 0.0579. The molecular weight excluding hydrogens is 474 g/mol. The van der Waals surface area contributed by atoms with Gasteiger partial charge in [0.25, 0.3) is 0 Å². The van der Waals surface area contributed by atoms with Crippen LogP contribution in [0.3, 0.4) is 0 Å². The number of aryl methyl sites for hydroxylation is 1. The van der Waals surface area contributed by atoms with Gasteiger partial charge >= 0.3 is 6.09 Å². The van der Waals surface area contributed by atoms with Gasteiger partial charge in [-0.05, 0) is 91.7 Å². The summed E-state index contributed by atoms with van der Waals surface area (Å²) in [6, 6.07) is 4.00. The number of rotatable bonds is 11. The molecule has 1 aromatic heterocycles. The zero-order valence-electron chi connectivity index (χ0n) is 21.6. The number of carbonyl (C=O) groups excluding carboxylic acids is 1. The van der Waals surface area contributed by atoms with Crippen LogP contribution in [0.1, 0.15) is 79.2 Å². The zero-order chi connectivity index (χ0) is 25.4. The molecule has 0 bridgehead atoms. The van der Waals surface area contributed by atoms with E-state index in [-0.39, 0.29) is 23.0 Å². The van der Waals surface area contributed by atoms with Gasteiger partial charge < -0.3 is 18.9 Å². The van der Waals surface area contributed by atoms with Crippen molar-refractivity contribution < 1.29 is 18.8 Å². The molecule has 1 unspecified atom stereocenters. The Morgan fingerprint density at radius 1 is 1.29 bits per heavy atom. The largest absolute Gasteiger partial charge is 0.598 e. The Balaban J connectivity index is 1.74. The lowest BCUT2D eigenvalue weighted by Crippen LogP contribution is -2.44. The minimum Gasteiger partial charge on any atom is -0.598 e. The second-order valence-corrected chi connectivity index (χ2v) is 13.2. The van der Waals surface area contributed by atoms with E-state index in [4.69, 9.17) is 21.1 Å². The first-order chi connectivity index (χ1) is 15.8. The van der Waals surface area contributed by atoms with Gasteiger partial charge in [0, 0.05) is 30.7 Å². The molecule has 9 heteroatoms. The van der Waals surface area contributed by atoms with Crippen LogP contribution in [-0.4, -0.2) is 62.7 Å². The second kappa shape index (κ2) is 13.3. The molecule has 1 amide bonds. The maximum atomic E-state index is 12.7. The summed E-state index contributed by atoms with van der Waals surface area (Å²) in [5, 5.41) is 0.531. The van der Waals surface area contributed by atoms with Crippen molar-refractivity contribution in [3.63, 3.8) is 0 Å². The Kier molecular flexibility index (Phi) is 11.4. The third-order valence-electron chi connectivity index (χ3n) is 5.53. The van der Waals surface area contributed by atoms with Crippen molar-refractivity contribution in [2.75, 3.05) is 19.7 Å². The Hall–Kier alpha value is -1.06. The van der Waals surface area contributed by atoms with Crippen LogP contribution in [0.25, 0.3) is 0 Å². The minimum atomic E-state index is -1.14. The predicted octanol–water partition coefficient (Wildman–Crippen LogP) is 5.28. The van der Waals surface area contributed by atoms with Gasteiger partial charge in [0.15, 0.2) is 0 Å². The van der Waals surface area contributed by atoms with E-state index in [0.717, 1.165) is 44.1 Å². The molecule has 1 aromatic rings. The quantitative estimate of drug-likeness (QED) is 0.245. The molecule has 7 nitrogen and oxygen atoms in total. The number of ether oxygens (including phenoxy) is 2. The number of unbranched alkanes of at least 4 members (excludes halogenated alkanes) is 1. The highest BCUT2D eigenvalue weighted by Gasteiger charge is 2.31. The van der Waals surface area contributed by atoms with Crippen LogP contribution in [0.15, 0.2) is 18.3 Å². The van der Waals surface area contributed by atoms with Gasteiger partial charge in [-0.1, -0.05) is 17.7 Å². The predicted molar refractivity (Wildman–Crippen MR) is 138 cm³/mol. The number of hydrogen-bond donors (Lipinski definition) is 1.